The molecule has 1 saturated heterocycles. The van der Waals surface area contributed by atoms with Gasteiger partial charge >= 0.3 is 6.18 Å². The summed E-state index contributed by atoms with van der Waals surface area (Å²) in [4.78, 5) is 41.5. The number of carboxylic acid groups (broad SMARTS) is 1. The number of amides is 2. The van der Waals surface area contributed by atoms with Crippen molar-refractivity contribution in [2.75, 3.05) is 25.0 Å². The lowest BCUT2D eigenvalue weighted by Gasteiger charge is -2.13. The Labute approximate surface area is 251 Å². The van der Waals surface area contributed by atoms with Crippen LogP contribution in [0.1, 0.15) is 22.5 Å². The van der Waals surface area contributed by atoms with E-state index in [2.05, 4.69) is 36.3 Å². The largest absolute Gasteiger partial charge is 0.483 e. The molecule has 1 aromatic carbocycles. The summed E-state index contributed by atoms with van der Waals surface area (Å²) >= 11 is 6.34. The van der Waals surface area contributed by atoms with Crippen LogP contribution in [-0.4, -0.2) is 73.2 Å². The minimum atomic E-state index is -4.75. The number of carbonyl (C=O) groups excluding carboxylic acids is 2. The average Bonchev–Trinajstić information content (AvgIpc) is 3.73. The molecular formula is C26H24ClF3N10O4. The van der Waals surface area contributed by atoms with Crippen LogP contribution in [0.2, 0.25) is 5.02 Å². The molecule has 5 N–H and O–H groups in total. The predicted octanol–water partition coefficient (Wildman–Crippen LogP) is 2.44. The lowest BCUT2D eigenvalue weighted by molar-refractivity contribution is -0.141. The first-order valence-electron chi connectivity index (χ1n) is 12.8. The molecule has 4 aromatic rings. The Morgan fingerprint density at radius 3 is 2.73 bits per heavy atom. The topological polar surface area (TPSA) is 191 Å². The predicted molar refractivity (Wildman–Crippen MR) is 150 cm³/mol. The highest BCUT2D eigenvalue weighted by molar-refractivity contribution is 6.34. The van der Waals surface area contributed by atoms with Gasteiger partial charge in [0.1, 0.15) is 6.54 Å². The summed E-state index contributed by atoms with van der Waals surface area (Å²) in [5, 5.41) is 30.9. The number of hydrogen-bond donors (Lipinski definition) is 5. The van der Waals surface area contributed by atoms with Gasteiger partial charge in [-0.3, -0.25) is 23.5 Å². The SMILES string of the molecule is N#CCn1cc(-c2cnc3c(Nc4ccc(C(=O)NCC(=O)N[C@@H]5CCNC5)c(Cl)c4)nccn23)c(C(F)(F)F)n1.O=CO. The second-order valence-corrected chi connectivity index (χ2v) is 9.63. The Kier molecular flexibility index (Phi) is 9.98. The van der Waals surface area contributed by atoms with Crippen molar-refractivity contribution in [3.63, 3.8) is 0 Å². The minimum Gasteiger partial charge on any atom is -0.483 e. The van der Waals surface area contributed by atoms with E-state index in [0.717, 1.165) is 23.8 Å². The molecule has 5 rings (SSSR count). The molecule has 230 valence electrons. The number of aromatic nitrogens is 5. The summed E-state index contributed by atoms with van der Waals surface area (Å²) in [7, 11) is 0. The summed E-state index contributed by atoms with van der Waals surface area (Å²) in [6.45, 7) is 0.705. The first kappa shape index (κ1) is 31.7. The van der Waals surface area contributed by atoms with Gasteiger partial charge in [-0.15, -0.1) is 0 Å². The van der Waals surface area contributed by atoms with Gasteiger partial charge in [-0.2, -0.15) is 23.5 Å². The molecule has 1 aliphatic rings. The molecule has 2 amide bonds. The van der Waals surface area contributed by atoms with Crippen LogP contribution in [0.15, 0.2) is 43.0 Å². The number of carbonyl (C=O) groups is 3. The molecule has 0 spiro atoms. The van der Waals surface area contributed by atoms with Crippen molar-refractivity contribution < 1.29 is 32.7 Å². The maximum atomic E-state index is 13.7. The third-order valence-electron chi connectivity index (χ3n) is 6.28. The number of nitrogens with one attached hydrogen (secondary N) is 4. The standard InChI is InChI=1S/C25H22ClF3N10O2.CH2O2/c26-18-9-14(1-2-16(18)24(41)34-12-20(40)35-15-3-5-31-10-15)36-22-23-33-11-19(39(23)8-6-32-22)17-13-38(7-4-30)37-21(17)25(27,28)29;2-1-3/h1-2,6,8-9,11,13,15,31H,3,5,7,10,12H2,(H,32,36)(H,34,41)(H,35,40);1H,(H,2,3)/t15-;/m1./s1. The summed E-state index contributed by atoms with van der Waals surface area (Å²) in [6.07, 6.45) is 1.29. The molecule has 1 atom stereocenters. The zero-order chi connectivity index (χ0) is 31.9. The van der Waals surface area contributed by atoms with E-state index in [1.54, 1.807) is 12.1 Å². The normalized spacial score (nSPS) is 14.3. The van der Waals surface area contributed by atoms with Gasteiger partial charge in [0, 0.05) is 36.9 Å². The molecule has 0 radical (unpaired) electrons. The van der Waals surface area contributed by atoms with E-state index in [1.807, 2.05) is 0 Å². The number of halogens is 4. The molecule has 1 aliphatic heterocycles. The highest BCUT2D eigenvalue weighted by atomic mass is 35.5. The number of rotatable bonds is 8. The van der Waals surface area contributed by atoms with Crippen molar-refractivity contribution in [2.45, 2.75) is 25.2 Å². The number of imidazole rings is 1. The zero-order valence-electron chi connectivity index (χ0n) is 22.6. The first-order valence-corrected chi connectivity index (χ1v) is 13.2. The van der Waals surface area contributed by atoms with E-state index >= 15 is 0 Å². The lowest BCUT2D eigenvalue weighted by Crippen LogP contribution is -2.42. The average molecular weight is 633 g/mol. The van der Waals surface area contributed by atoms with Crippen LogP contribution in [-0.2, 0) is 22.3 Å². The number of fused-ring (bicyclic) bond motifs is 1. The smallest absolute Gasteiger partial charge is 0.435 e. The van der Waals surface area contributed by atoms with Crippen LogP contribution < -0.4 is 21.3 Å². The van der Waals surface area contributed by atoms with E-state index in [0.29, 0.717) is 12.2 Å². The summed E-state index contributed by atoms with van der Waals surface area (Å²) < 4.78 is 43.4. The Morgan fingerprint density at radius 2 is 2.07 bits per heavy atom. The van der Waals surface area contributed by atoms with Gasteiger partial charge in [0.2, 0.25) is 5.91 Å². The Hall–Kier alpha value is -5.21. The van der Waals surface area contributed by atoms with Crippen molar-refractivity contribution in [1.29, 1.82) is 5.26 Å². The maximum absolute atomic E-state index is 13.7. The molecule has 3 aromatic heterocycles. The maximum Gasteiger partial charge on any atom is 0.435 e. The minimum absolute atomic E-state index is 0.0329. The molecule has 14 nitrogen and oxygen atoms in total. The molecule has 0 saturated carbocycles. The molecule has 44 heavy (non-hydrogen) atoms. The second kappa shape index (κ2) is 13.8. The van der Waals surface area contributed by atoms with Crippen LogP contribution in [0.25, 0.3) is 16.9 Å². The fourth-order valence-electron chi connectivity index (χ4n) is 4.40. The van der Waals surface area contributed by atoms with Crippen LogP contribution in [0.5, 0.6) is 0 Å². The van der Waals surface area contributed by atoms with E-state index in [9.17, 15) is 22.8 Å². The van der Waals surface area contributed by atoms with Crippen molar-refractivity contribution in [3.05, 3.63) is 59.3 Å². The number of benzene rings is 1. The van der Waals surface area contributed by atoms with Crippen molar-refractivity contribution in [2.24, 2.45) is 0 Å². The van der Waals surface area contributed by atoms with E-state index < -0.39 is 17.8 Å². The highest BCUT2D eigenvalue weighted by Gasteiger charge is 2.38. The quantitative estimate of drug-likeness (QED) is 0.180. The Balaban J connectivity index is 0.00000141. The van der Waals surface area contributed by atoms with E-state index in [-0.39, 0.29) is 64.8 Å². The van der Waals surface area contributed by atoms with Gasteiger partial charge in [0.15, 0.2) is 17.2 Å². The molecule has 1 fully saturated rings. The second-order valence-electron chi connectivity index (χ2n) is 9.22. The van der Waals surface area contributed by atoms with Gasteiger partial charge in [-0.25, -0.2) is 9.97 Å². The molecular weight excluding hydrogens is 609 g/mol. The summed E-state index contributed by atoms with van der Waals surface area (Å²) in [6, 6.07) is 6.31. The number of anilines is 2. The summed E-state index contributed by atoms with van der Waals surface area (Å²) in [5.74, 6) is -0.626. The van der Waals surface area contributed by atoms with Crippen LogP contribution in [0.3, 0.4) is 0 Å². The highest BCUT2D eigenvalue weighted by Crippen LogP contribution is 2.37. The number of alkyl halides is 3. The van der Waals surface area contributed by atoms with E-state index in [4.69, 9.17) is 26.8 Å². The third kappa shape index (κ3) is 7.40. The zero-order valence-corrected chi connectivity index (χ0v) is 23.4. The van der Waals surface area contributed by atoms with Crippen molar-refractivity contribution >= 4 is 47.0 Å². The molecule has 0 unspecified atom stereocenters. The lowest BCUT2D eigenvalue weighted by atomic mass is 10.2. The monoisotopic (exact) mass is 632 g/mol. The number of hydrogen-bond acceptors (Lipinski definition) is 9. The first-order chi connectivity index (χ1) is 21.0. The van der Waals surface area contributed by atoms with Gasteiger partial charge in [0.25, 0.3) is 12.4 Å². The van der Waals surface area contributed by atoms with Crippen molar-refractivity contribution in [3.8, 4) is 17.3 Å². The van der Waals surface area contributed by atoms with Gasteiger partial charge < -0.3 is 26.4 Å². The third-order valence-corrected chi connectivity index (χ3v) is 6.59. The fourth-order valence-corrected chi connectivity index (χ4v) is 4.67. The molecule has 0 aliphatic carbocycles. The molecule has 0 bridgehead atoms. The summed E-state index contributed by atoms with van der Waals surface area (Å²) in [5.41, 5.74) is -0.499. The van der Waals surface area contributed by atoms with Crippen LogP contribution in [0.4, 0.5) is 24.7 Å². The van der Waals surface area contributed by atoms with Crippen LogP contribution in [0, 0.1) is 11.3 Å². The van der Waals surface area contributed by atoms with Gasteiger partial charge in [-0.05, 0) is 31.2 Å². The fraction of sp³-hybridized carbons (Fsp3) is 0.269. The molecule has 18 heteroatoms. The Morgan fingerprint density at radius 1 is 1.30 bits per heavy atom. The van der Waals surface area contributed by atoms with Gasteiger partial charge in [-0.1, -0.05) is 11.6 Å². The van der Waals surface area contributed by atoms with E-state index in [1.165, 1.54) is 35.1 Å². The van der Waals surface area contributed by atoms with Crippen LogP contribution >= 0.6 is 11.6 Å². The Bertz CT molecular complexity index is 1710. The number of nitrogens with zero attached hydrogens (tertiary/aromatic N) is 6. The van der Waals surface area contributed by atoms with Crippen molar-refractivity contribution in [1.82, 2.24) is 40.1 Å². The molecule has 4 heterocycles. The van der Waals surface area contributed by atoms with Gasteiger partial charge in [0.05, 0.1) is 40.7 Å². The number of nitriles is 1.